The summed E-state index contributed by atoms with van der Waals surface area (Å²) in [6.07, 6.45) is 5.02. The highest BCUT2D eigenvalue weighted by Gasteiger charge is 2.29. The number of morpholine rings is 1. The zero-order chi connectivity index (χ0) is 13.1. The lowest BCUT2D eigenvalue weighted by atomic mass is 10.0. The summed E-state index contributed by atoms with van der Waals surface area (Å²) in [5.74, 6) is 1.08. The lowest BCUT2D eigenvalue weighted by Crippen LogP contribution is -2.55. The van der Waals surface area contributed by atoms with E-state index in [1.807, 2.05) is 0 Å². The van der Waals surface area contributed by atoms with Crippen molar-refractivity contribution in [3.05, 3.63) is 0 Å². The summed E-state index contributed by atoms with van der Waals surface area (Å²) in [7, 11) is 0. The molecule has 0 aromatic carbocycles. The standard InChI is InChI=1S/C14H25N3O2/c18-14(13-10-19-8-5-15-13)16-12-3-6-17(7-4-12)9-11-1-2-11/h11-13,15H,1-10H2,(H,16,18). The summed E-state index contributed by atoms with van der Waals surface area (Å²) < 4.78 is 5.33. The van der Waals surface area contributed by atoms with Gasteiger partial charge in [-0.15, -0.1) is 0 Å². The number of nitrogens with one attached hydrogen (secondary N) is 2. The van der Waals surface area contributed by atoms with Gasteiger partial charge >= 0.3 is 0 Å². The number of ether oxygens (including phenoxy) is 1. The van der Waals surface area contributed by atoms with Crippen molar-refractivity contribution in [2.24, 2.45) is 5.92 Å². The molecule has 2 N–H and O–H groups in total. The van der Waals surface area contributed by atoms with Gasteiger partial charge in [0.25, 0.3) is 0 Å². The van der Waals surface area contributed by atoms with Crippen molar-refractivity contribution in [2.75, 3.05) is 39.4 Å². The van der Waals surface area contributed by atoms with E-state index in [4.69, 9.17) is 4.74 Å². The minimum Gasteiger partial charge on any atom is -0.378 e. The first-order valence-electron chi connectivity index (χ1n) is 7.65. The Bertz CT molecular complexity index is 306. The van der Waals surface area contributed by atoms with Gasteiger partial charge in [-0.2, -0.15) is 0 Å². The molecular weight excluding hydrogens is 242 g/mol. The van der Waals surface area contributed by atoms with Crippen LogP contribution in [0.3, 0.4) is 0 Å². The van der Waals surface area contributed by atoms with E-state index in [0.29, 0.717) is 19.3 Å². The summed E-state index contributed by atoms with van der Waals surface area (Å²) in [5.41, 5.74) is 0. The second-order valence-electron chi connectivity index (χ2n) is 6.11. The smallest absolute Gasteiger partial charge is 0.239 e. The Balaban J connectivity index is 1.37. The molecule has 1 aliphatic carbocycles. The van der Waals surface area contributed by atoms with Crippen LogP contribution in [0.15, 0.2) is 0 Å². The Hall–Kier alpha value is -0.650. The summed E-state index contributed by atoms with van der Waals surface area (Å²) in [4.78, 5) is 14.6. The van der Waals surface area contributed by atoms with Crippen molar-refractivity contribution in [3.63, 3.8) is 0 Å². The number of amides is 1. The number of rotatable bonds is 4. The molecule has 0 radical (unpaired) electrons. The molecule has 1 unspecified atom stereocenters. The predicted molar refractivity (Wildman–Crippen MR) is 72.9 cm³/mol. The van der Waals surface area contributed by atoms with Crippen LogP contribution in [0.5, 0.6) is 0 Å². The molecule has 0 spiro atoms. The van der Waals surface area contributed by atoms with Gasteiger partial charge in [0.1, 0.15) is 6.04 Å². The van der Waals surface area contributed by atoms with Crippen LogP contribution in [0, 0.1) is 5.92 Å². The monoisotopic (exact) mass is 267 g/mol. The average molecular weight is 267 g/mol. The molecule has 108 valence electrons. The third kappa shape index (κ3) is 3.91. The van der Waals surface area contributed by atoms with Gasteiger partial charge in [-0.25, -0.2) is 0 Å². The zero-order valence-electron chi connectivity index (χ0n) is 11.6. The fourth-order valence-corrected chi connectivity index (χ4v) is 2.96. The summed E-state index contributed by atoms with van der Waals surface area (Å²) in [6.45, 7) is 5.54. The lowest BCUT2D eigenvalue weighted by Gasteiger charge is -2.33. The first kappa shape index (κ1) is 13.3. The Labute approximate surface area is 115 Å². The zero-order valence-corrected chi connectivity index (χ0v) is 11.6. The van der Waals surface area contributed by atoms with Gasteiger partial charge in [-0.1, -0.05) is 0 Å². The van der Waals surface area contributed by atoms with Gasteiger partial charge in [0.2, 0.25) is 5.91 Å². The lowest BCUT2D eigenvalue weighted by molar-refractivity contribution is -0.126. The van der Waals surface area contributed by atoms with Gasteiger partial charge in [0, 0.05) is 32.2 Å². The molecule has 2 heterocycles. The second-order valence-corrected chi connectivity index (χ2v) is 6.11. The van der Waals surface area contributed by atoms with Crippen molar-refractivity contribution in [3.8, 4) is 0 Å². The van der Waals surface area contributed by atoms with Crippen LogP contribution in [0.2, 0.25) is 0 Å². The predicted octanol–water partition coefficient (Wildman–Crippen LogP) is -0.0346. The molecule has 3 rings (SSSR count). The Kier molecular flexibility index (Phi) is 4.35. The Morgan fingerprint density at radius 3 is 2.68 bits per heavy atom. The van der Waals surface area contributed by atoms with E-state index < -0.39 is 0 Å². The molecule has 5 nitrogen and oxygen atoms in total. The van der Waals surface area contributed by atoms with Crippen LogP contribution in [-0.2, 0) is 9.53 Å². The number of nitrogens with zero attached hydrogens (tertiary/aromatic N) is 1. The van der Waals surface area contributed by atoms with E-state index in [9.17, 15) is 4.79 Å². The fraction of sp³-hybridized carbons (Fsp3) is 0.929. The molecule has 1 saturated carbocycles. The van der Waals surface area contributed by atoms with Gasteiger partial charge < -0.3 is 20.3 Å². The largest absolute Gasteiger partial charge is 0.378 e. The van der Waals surface area contributed by atoms with Gasteiger partial charge in [0.15, 0.2) is 0 Å². The molecule has 3 fully saturated rings. The van der Waals surface area contributed by atoms with Crippen molar-refractivity contribution >= 4 is 5.91 Å². The third-order valence-electron chi connectivity index (χ3n) is 4.39. The molecule has 1 atom stereocenters. The van der Waals surface area contributed by atoms with E-state index in [-0.39, 0.29) is 11.9 Å². The molecule has 0 aromatic rings. The summed E-state index contributed by atoms with van der Waals surface area (Å²) in [5, 5.41) is 6.37. The number of hydrogen-bond acceptors (Lipinski definition) is 4. The van der Waals surface area contributed by atoms with Crippen LogP contribution in [0.25, 0.3) is 0 Å². The van der Waals surface area contributed by atoms with Gasteiger partial charge in [-0.05, 0) is 31.6 Å². The SMILES string of the molecule is O=C(NC1CCN(CC2CC2)CC1)C1COCCN1. The molecular formula is C14H25N3O2. The van der Waals surface area contributed by atoms with E-state index in [2.05, 4.69) is 15.5 Å². The molecule has 0 aromatic heterocycles. The second kappa shape index (κ2) is 6.20. The highest BCUT2D eigenvalue weighted by Crippen LogP contribution is 2.30. The maximum absolute atomic E-state index is 12.1. The van der Waals surface area contributed by atoms with E-state index in [1.54, 1.807) is 0 Å². The number of hydrogen-bond donors (Lipinski definition) is 2. The molecule has 1 amide bonds. The third-order valence-corrected chi connectivity index (χ3v) is 4.39. The maximum Gasteiger partial charge on any atom is 0.239 e. The first-order chi connectivity index (χ1) is 9.31. The highest BCUT2D eigenvalue weighted by molar-refractivity contribution is 5.82. The summed E-state index contributed by atoms with van der Waals surface area (Å²) >= 11 is 0. The molecule has 5 heteroatoms. The van der Waals surface area contributed by atoms with Gasteiger partial charge in [0.05, 0.1) is 13.2 Å². The highest BCUT2D eigenvalue weighted by atomic mass is 16.5. The van der Waals surface area contributed by atoms with E-state index in [0.717, 1.165) is 38.4 Å². The molecule has 3 aliphatic rings. The average Bonchev–Trinajstić information content (AvgIpc) is 3.26. The first-order valence-corrected chi connectivity index (χ1v) is 7.65. The van der Waals surface area contributed by atoms with Crippen molar-refractivity contribution in [1.82, 2.24) is 15.5 Å². The minimum absolute atomic E-state index is 0.111. The van der Waals surface area contributed by atoms with Crippen molar-refractivity contribution < 1.29 is 9.53 Å². The number of carbonyl (C=O) groups excluding carboxylic acids is 1. The van der Waals surface area contributed by atoms with Crippen LogP contribution in [0.4, 0.5) is 0 Å². The quantitative estimate of drug-likeness (QED) is 0.751. The van der Waals surface area contributed by atoms with E-state index >= 15 is 0 Å². The van der Waals surface area contributed by atoms with Crippen LogP contribution < -0.4 is 10.6 Å². The molecule has 0 bridgehead atoms. The van der Waals surface area contributed by atoms with Crippen LogP contribution >= 0.6 is 0 Å². The van der Waals surface area contributed by atoms with Crippen LogP contribution in [0.1, 0.15) is 25.7 Å². The van der Waals surface area contributed by atoms with Gasteiger partial charge in [-0.3, -0.25) is 4.79 Å². The van der Waals surface area contributed by atoms with Crippen LogP contribution in [-0.4, -0.2) is 62.3 Å². The fourth-order valence-electron chi connectivity index (χ4n) is 2.96. The minimum atomic E-state index is -0.154. The van der Waals surface area contributed by atoms with Crippen molar-refractivity contribution in [1.29, 1.82) is 0 Å². The Morgan fingerprint density at radius 2 is 2.05 bits per heavy atom. The summed E-state index contributed by atoms with van der Waals surface area (Å²) in [6, 6.07) is 0.199. The molecule has 2 saturated heterocycles. The number of carbonyl (C=O) groups is 1. The number of piperidine rings is 1. The number of likely N-dealkylation sites (tertiary alicyclic amines) is 1. The Morgan fingerprint density at radius 1 is 1.26 bits per heavy atom. The molecule has 19 heavy (non-hydrogen) atoms. The normalized spacial score (nSPS) is 30.2. The van der Waals surface area contributed by atoms with E-state index in [1.165, 1.54) is 19.4 Å². The topological polar surface area (TPSA) is 53.6 Å². The maximum atomic E-state index is 12.1. The molecule has 2 aliphatic heterocycles. The van der Waals surface area contributed by atoms with Crippen molar-refractivity contribution in [2.45, 2.75) is 37.8 Å².